The fourth-order valence-electron chi connectivity index (χ4n) is 2.93. The van der Waals surface area contributed by atoms with Gasteiger partial charge < -0.3 is 19.9 Å². The van der Waals surface area contributed by atoms with Gasteiger partial charge in [-0.15, -0.1) is 0 Å². The fraction of sp³-hybridized carbons (Fsp3) is 0.941. The Bertz CT molecular complexity index is 292. The molecule has 0 aromatic heterocycles. The molecule has 1 aliphatic heterocycles. The van der Waals surface area contributed by atoms with Crippen molar-refractivity contribution in [3.05, 3.63) is 0 Å². The Balaban J connectivity index is 0.000000220. The smallest absolute Gasteiger partial charge is 0.308 e. The van der Waals surface area contributed by atoms with Gasteiger partial charge >= 0.3 is 5.97 Å². The van der Waals surface area contributed by atoms with Crippen molar-refractivity contribution in [1.29, 1.82) is 0 Å². The van der Waals surface area contributed by atoms with Crippen LogP contribution in [0.2, 0.25) is 0 Å². The van der Waals surface area contributed by atoms with Crippen molar-refractivity contribution in [2.75, 3.05) is 26.4 Å². The van der Waals surface area contributed by atoms with Crippen molar-refractivity contribution in [3.8, 4) is 0 Å². The summed E-state index contributed by atoms with van der Waals surface area (Å²) in [6.07, 6.45) is 8.12. The van der Waals surface area contributed by atoms with Crippen LogP contribution in [0.3, 0.4) is 0 Å². The minimum absolute atomic E-state index is 0.0206. The largest absolute Gasteiger partial charge is 0.466 e. The first kappa shape index (κ1) is 19.4. The predicted octanol–water partition coefficient (Wildman–Crippen LogP) is 2.27. The molecule has 2 fully saturated rings. The quantitative estimate of drug-likeness (QED) is 0.736. The number of hydrogen-bond donors (Lipinski definition) is 2. The van der Waals surface area contributed by atoms with Crippen LogP contribution >= 0.6 is 0 Å². The van der Waals surface area contributed by atoms with E-state index in [9.17, 15) is 4.79 Å². The summed E-state index contributed by atoms with van der Waals surface area (Å²) in [5.41, 5.74) is 0. The van der Waals surface area contributed by atoms with Gasteiger partial charge in [-0.2, -0.15) is 0 Å². The molecule has 1 saturated carbocycles. The summed E-state index contributed by atoms with van der Waals surface area (Å²) < 4.78 is 10.5. The molecule has 2 atom stereocenters. The monoisotopic (exact) mass is 315 g/mol. The van der Waals surface area contributed by atoms with E-state index in [1.807, 2.05) is 6.92 Å². The molecule has 2 rings (SSSR count). The SMILES string of the molecule is CCCOC1CNC(CO)C1.CCOC(=O)C1CCCCC1. The minimum atomic E-state index is 0.0206. The normalized spacial score (nSPS) is 25.4. The summed E-state index contributed by atoms with van der Waals surface area (Å²) in [6.45, 7) is 6.45. The molecule has 1 saturated heterocycles. The van der Waals surface area contributed by atoms with E-state index < -0.39 is 0 Å². The zero-order valence-corrected chi connectivity index (χ0v) is 14.2. The van der Waals surface area contributed by atoms with E-state index in [0.717, 1.165) is 38.8 Å². The number of esters is 1. The van der Waals surface area contributed by atoms with Gasteiger partial charge in [0.2, 0.25) is 0 Å². The van der Waals surface area contributed by atoms with Crippen LogP contribution in [0.5, 0.6) is 0 Å². The Morgan fingerprint density at radius 2 is 1.95 bits per heavy atom. The highest BCUT2D eigenvalue weighted by Crippen LogP contribution is 2.24. The van der Waals surface area contributed by atoms with Gasteiger partial charge in [0.05, 0.1) is 25.2 Å². The van der Waals surface area contributed by atoms with Crippen molar-refractivity contribution < 1.29 is 19.4 Å². The predicted molar refractivity (Wildman–Crippen MR) is 86.7 cm³/mol. The van der Waals surface area contributed by atoms with Crippen molar-refractivity contribution in [1.82, 2.24) is 5.32 Å². The number of hydrogen-bond acceptors (Lipinski definition) is 5. The van der Waals surface area contributed by atoms with Crippen molar-refractivity contribution in [2.45, 2.75) is 70.9 Å². The molecule has 2 aliphatic rings. The van der Waals surface area contributed by atoms with Crippen molar-refractivity contribution in [3.63, 3.8) is 0 Å². The van der Waals surface area contributed by atoms with Crippen molar-refractivity contribution in [2.24, 2.45) is 5.92 Å². The molecule has 5 heteroatoms. The third kappa shape index (κ3) is 7.56. The second-order valence-corrected chi connectivity index (χ2v) is 6.10. The van der Waals surface area contributed by atoms with Crippen LogP contribution in [-0.2, 0) is 14.3 Å². The van der Waals surface area contributed by atoms with Crippen molar-refractivity contribution >= 4 is 5.97 Å². The van der Waals surface area contributed by atoms with Crippen LogP contribution in [0.1, 0.15) is 58.8 Å². The second-order valence-electron chi connectivity index (χ2n) is 6.10. The summed E-state index contributed by atoms with van der Waals surface area (Å²) in [6, 6.07) is 0.261. The molecule has 2 N–H and O–H groups in total. The number of nitrogens with one attached hydrogen (secondary N) is 1. The van der Waals surface area contributed by atoms with Crippen LogP contribution in [0.25, 0.3) is 0 Å². The maximum absolute atomic E-state index is 11.2. The molecule has 0 spiro atoms. The molecule has 0 radical (unpaired) electrons. The Kier molecular flexibility index (Phi) is 10.5. The lowest BCUT2D eigenvalue weighted by Crippen LogP contribution is -2.24. The molecule has 0 aromatic carbocycles. The lowest BCUT2D eigenvalue weighted by molar-refractivity contribution is -0.149. The average molecular weight is 315 g/mol. The van der Waals surface area contributed by atoms with E-state index >= 15 is 0 Å². The number of aliphatic hydroxyl groups excluding tert-OH is 1. The summed E-state index contributed by atoms with van der Waals surface area (Å²) >= 11 is 0. The van der Waals surface area contributed by atoms with E-state index in [0.29, 0.717) is 12.7 Å². The molecule has 1 heterocycles. The van der Waals surface area contributed by atoms with Crippen LogP contribution < -0.4 is 5.32 Å². The van der Waals surface area contributed by atoms with Gasteiger partial charge in [0.25, 0.3) is 0 Å². The Morgan fingerprint density at radius 1 is 1.23 bits per heavy atom. The summed E-state index contributed by atoms with van der Waals surface area (Å²) in [4.78, 5) is 11.2. The van der Waals surface area contributed by atoms with Gasteiger partial charge in [-0.1, -0.05) is 26.2 Å². The number of aliphatic hydroxyl groups is 1. The average Bonchev–Trinajstić information content (AvgIpc) is 3.02. The zero-order valence-electron chi connectivity index (χ0n) is 14.2. The van der Waals surface area contributed by atoms with E-state index in [2.05, 4.69) is 12.2 Å². The first-order chi connectivity index (χ1) is 10.7. The number of rotatable bonds is 6. The Labute approximate surface area is 134 Å². The van der Waals surface area contributed by atoms with Crippen LogP contribution in [0.4, 0.5) is 0 Å². The Morgan fingerprint density at radius 3 is 2.50 bits per heavy atom. The minimum Gasteiger partial charge on any atom is -0.466 e. The second kappa shape index (κ2) is 11.9. The maximum Gasteiger partial charge on any atom is 0.308 e. The molecular weight excluding hydrogens is 282 g/mol. The molecule has 22 heavy (non-hydrogen) atoms. The molecular formula is C17H33NO4. The molecule has 130 valence electrons. The van der Waals surface area contributed by atoms with E-state index in [1.165, 1.54) is 19.3 Å². The molecule has 1 aliphatic carbocycles. The summed E-state index contributed by atoms with van der Waals surface area (Å²) in [5, 5.41) is 12.0. The fourth-order valence-corrected chi connectivity index (χ4v) is 2.93. The van der Waals surface area contributed by atoms with Crippen LogP contribution in [-0.4, -0.2) is 49.6 Å². The molecule has 5 nitrogen and oxygen atoms in total. The van der Waals surface area contributed by atoms with Gasteiger partial charge in [0, 0.05) is 19.2 Å². The van der Waals surface area contributed by atoms with Crippen LogP contribution in [0, 0.1) is 5.92 Å². The number of carbonyl (C=O) groups is 1. The highest BCUT2D eigenvalue weighted by Gasteiger charge is 2.23. The first-order valence-electron chi connectivity index (χ1n) is 8.83. The van der Waals surface area contributed by atoms with Gasteiger partial charge in [0.15, 0.2) is 0 Å². The molecule has 0 amide bonds. The topological polar surface area (TPSA) is 67.8 Å². The highest BCUT2D eigenvalue weighted by molar-refractivity contribution is 5.72. The zero-order chi connectivity index (χ0) is 16.2. The van der Waals surface area contributed by atoms with Gasteiger partial charge in [-0.05, 0) is 32.6 Å². The van der Waals surface area contributed by atoms with Gasteiger partial charge in [-0.3, -0.25) is 4.79 Å². The molecule has 0 aromatic rings. The van der Waals surface area contributed by atoms with E-state index in [-0.39, 0.29) is 24.5 Å². The number of ether oxygens (including phenoxy) is 2. The third-order valence-electron chi connectivity index (χ3n) is 4.18. The standard InChI is InChI=1S/C9H16O2.C8H17NO2/c1-2-11-9(10)8-6-4-3-5-7-8;1-2-3-11-8-4-7(6-10)9-5-8/h8H,2-7H2,1H3;7-10H,2-6H2,1H3. The lowest BCUT2D eigenvalue weighted by atomic mass is 9.89. The first-order valence-corrected chi connectivity index (χ1v) is 8.83. The summed E-state index contributed by atoms with van der Waals surface area (Å²) in [5.74, 6) is 0.232. The van der Waals surface area contributed by atoms with Crippen LogP contribution in [0.15, 0.2) is 0 Å². The highest BCUT2D eigenvalue weighted by atomic mass is 16.5. The molecule has 2 unspecified atom stereocenters. The van der Waals surface area contributed by atoms with Gasteiger partial charge in [0.1, 0.15) is 0 Å². The van der Waals surface area contributed by atoms with E-state index in [1.54, 1.807) is 0 Å². The number of carbonyl (C=O) groups excluding carboxylic acids is 1. The Hall–Kier alpha value is -0.650. The molecule has 0 bridgehead atoms. The van der Waals surface area contributed by atoms with E-state index in [4.69, 9.17) is 14.6 Å². The lowest BCUT2D eigenvalue weighted by Gasteiger charge is -2.19. The third-order valence-corrected chi connectivity index (χ3v) is 4.18. The summed E-state index contributed by atoms with van der Waals surface area (Å²) in [7, 11) is 0. The maximum atomic E-state index is 11.2. The van der Waals surface area contributed by atoms with Gasteiger partial charge in [-0.25, -0.2) is 0 Å².